The molecule has 0 rings (SSSR count). The summed E-state index contributed by atoms with van der Waals surface area (Å²) in [6.07, 6.45) is 41.5. The molecule has 0 fully saturated rings. The predicted molar refractivity (Wildman–Crippen MR) is 199 cm³/mol. The van der Waals surface area contributed by atoms with Gasteiger partial charge in [0, 0.05) is 48.1 Å². The first-order valence-corrected chi connectivity index (χ1v) is 20.1. The summed E-state index contributed by atoms with van der Waals surface area (Å²) < 4.78 is 0. The molecule has 0 atom stereocenters. The Kier molecular flexibility index (Phi) is 77.3. The molecule has 0 radical (unpaired) electrons. The maximum atomic E-state index is 8.51. The van der Waals surface area contributed by atoms with Crippen LogP contribution in [-0.2, 0) is 21.7 Å². The molecule has 4 N–H and O–H groups in total. The quantitative estimate of drug-likeness (QED) is 0.0421. The molecule has 4 nitrogen and oxygen atoms in total. The summed E-state index contributed by atoms with van der Waals surface area (Å²) in [5.41, 5.74) is 0. The van der Waals surface area contributed by atoms with E-state index in [4.69, 9.17) is 20.4 Å². The van der Waals surface area contributed by atoms with E-state index in [1.807, 2.05) is 0 Å². The molecule has 0 aromatic rings. The minimum absolute atomic E-state index is 0. The van der Waals surface area contributed by atoms with Gasteiger partial charge in [0.25, 0.3) is 0 Å². The molecule has 0 spiro atoms. The molecule has 0 aliphatic heterocycles. The zero-order valence-electron chi connectivity index (χ0n) is 31.7. The van der Waals surface area contributed by atoms with Crippen molar-refractivity contribution in [1.29, 1.82) is 0 Å². The van der Waals surface area contributed by atoms with E-state index in [0.717, 1.165) is 25.7 Å². The minimum atomic E-state index is 0. The van der Waals surface area contributed by atoms with Crippen molar-refractivity contribution in [3.05, 3.63) is 0 Å². The van der Waals surface area contributed by atoms with Crippen molar-refractivity contribution >= 4 is 0 Å². The van der Waals surface area contributed by atoms with E-state index in [0.29, 0.717) is 26.4 Å². The maximum Gasteiger partial charge on any atom is 0.0431 e. The van der Waals surface area contributed by atoms with Gasteiger partial charge in [0.05, 0.1) is 0 Å². The summed E-state index contributed by atoms with van der Waals surface area (Å²) in [5.74, 6) is 0. The van der Waals surface area contributed by atoms with Gasteiger partial charge in [-0.3, -0.25) is 0 Å². The Hall–Kier alpha value is 0.554. The standard InChI is InChI=1S/4C10H22O.Ti/c4*1-2-3-4-5-6-7-8-9-10-11;/h4*11H,2-10H2,1H3;. The molecule has 0 saturated heterocycles. The van der Waals surface area contributed by atoms with Crippen LogP contribution in [0.2, 0.25) is 0 Å². The number of hydrogen-bond donors (Lipinski definition) is 4. The van der Waals surface area contributed by atoms with Gasteiger partial charge in [-0.25, -0.2) is 0 Å². The van der Waals surface area contributed by atoms with Crippen molar-refractivity contribution < 1.29 is 42.1 Å². The molecule has 0 aliphatic carbocycles. The van der Waals surface area contributed by atoms with Gasteiger partial charge >= 0.3 is 0 Å². The van der Waals surface area contributed by atoms with Crippen molar-refractivity contribution in [3.8, 4) is 0 Å². The van der Waals surface area contributed by atoms with Gasteiger partial charge in [-0.1, -0.05) is 207 Å². The normalized spacial score (nSPS) is 10.1. The molecule has 5 heteroatoms. The average molecular weight is 681 g/mol. The van der Waals surface area contributed by atoms with Gasteiger partial charge < -0.3 is 20.4 Å². The van der Waals surface area contributed by atoms with Crippen LogP contribution in [0.3, 0.4) is 0 Å². The molecule has 0 aromatic carbocycles. The molecule has 0 unspecified atom stereocenters. The van der Waals surface area contributed by atoms with Gasteiger partial charge in [0.1, 0.15) is 0 Å². The molecule has 0 heterocycles. The van der Waals surface area contributed by atoms with Crippen LogP contribution < -0.4 is 0 Å². The summed E-state index contributed by atoms with van der Waals surface area (Å²) in [5, 5.41) is 34.0. The van der Waals surface area contributed by atoms with Crippen LogP contribution in [0.15, 0.2) is 0 Å². The summed E-state index contributed by atoms with van der Waals surface area (Å²) in [6, 6.07) is 0. The van der Waals surface area contributed by atoms with Crippen LogP contribution in [0, 0.1) is 0 Å². The second-order valence-electron chi connectivity index (χ2n) is 12.8. The van der Waals surface area contributed by atoms with Crippen LogP contribution in [-0.4, -0.2) is 46.9 Å². The Morgan fingerprint density at radius 3 is 0.422 bits per heavy atom. The van der Waals surface area contributed by atoms with Crippen LogP contribution >= 0.6 is 0 Å². The smallest absolute Gasteiger partial charge is 0.0431 e. The number of aliphatic hydroxyl groups excluding tert-OH is 4. The molecular formula is C40H88O4Ti. The van der Waals surface area contributed by atoms with Crippen molar-refractivity contribution in [2.75, 3.05) is 26.4 Å². The van der Waals surface area contributed by atoms with Crippen molar-refractivity contribution in [1.82, 2.24) is 0 Å². The second kappa shape index (κ2) is 63.3. The number of hydrogen-bond acceptors (Lipinski definition) is 4. The fourth-order valence-electron chi connectivity index (χ4n) is 4.98. The number of unbranched alkanes of at least 4 members (excludes halogenated alkanes) is 28. The first-order valence-electron chi connectivity index (χ1n) is 20.1. The summed E-state index contributed by atoms with van der Waals surface area (Å²) in [7, 11) is 0. The molecule has 0 amide bonds. The summed E-state index contributed by atoms with van der Waals surface area (Å²) in [4.78, 5) is 0. The molecule has 45 heavy (non-hydrogen) atoms. The Bertz CT molecular complexity index is 294. The van der Waals surface area contributed by atoms with Gasteiger partial charge in [-0.2, -0.15) is 0 Å². The van der Waals surface area contributed by atoms with Crippen LogP contribution in [0.5, 0.6) is 0 Å². The third-order valence-corrected chi connectivity index (χ3v) is 8.05. The van der Waals surface area contributed by atoms with Gasteiger partial charge in [-0.05, 0) is 25.7 Å². The van der Waals surface area contributed by atoms with Gasteiger partial charge in [0.2, 0.25) is 0 Å². The van der Waals surface area contributed by atoms with Crippen molar-refractivity contribution in [2.45, 2.75) is 233 Å². The number of aliphatic hydroxyl groups is 4. The van der Waals surface area contributed by atoms with Crippen LogP contribution in [0.1, 0.15) is 233 Å². The van der Waals surface area contributed by atoms with E-state index < -0.39 is 0 Å². The fraction of sp³-hybridized carbons (Fsp3) is 1.00. The van der Waals surface area contributed by atoms with Crippen LogP contribution in [0.4, 0.5) is 0 Å². The first kappa shape index (κ1) is 55.0. The minimum Gasteiger partial charge on any atom is -0.396 e. The largest absolute Gasteiger partial charge is 0.396 e. The van der Waals surface area contributed by atoms with Crippen molar-refractivity contribution in [3.63, 3.8) is 0 Å². The van der Waals surface area contributed by atoms with E-state index in [-0.39, 0.29) is 21.7 Å². The molecule has 0 bridgehead atoms. The summed E-state index contributed by atoms with van der Waals surface area (Å²) >= 11 is 0. The Balaban J connectivity index is -0.000000157. The summed E-state index contributed by atoms with van der Waals surface area (Å²) in [6.45, 7) is 10.4. The molecule has 0 saturated carbocycles. The van der Waals surface area contributed by atoms with E-state index in [2.05, 4.69) is 27.7 Å². The fourth-order valence-corrected chi connectivity index (χ4v) is 4.98. The molecular weight excluding hydrogens is 592 g/mol. The topological polar surface area (TPSA) is 80.9 Å². The number of rotatable bonds is 32. The van der Waals surface area contributed by atoms with Crippen molar-refractivity contribution in [2.24, 2.45) is 0 Å². The van der Waals surface area contributed by atoms with E-state index in [9.17, 15) is 0 Å². The second-order valence-corrected chi connectivity index (χ2v) is 12.8. The first-order chi connectivity index (χ1) is 21.7. The Morgan fingerprint density at radius 1 is 0.200 bits per heavy atom. The van der Waals surface area contributed by atoms with Crippen LogP contribution in [0.25, 0.3) is 0 Å². The zero-order chi connectivity index (χ0) is 33.5. The zero-order valence-corrected chi connectivity index (χ0v) is 33.3. The van der Waals surface area contributed by atoms with Gasteiger partial charge in [0.15, 0.2) is 0 Å². The molecule has 276 valence electrons. The maximum absolute atomic E-state index is 8.51. The average Bonchev–Trinajstić information content (AvgIpc) is 3.04. The monoisotopic (exact) mass is 681 g/mol. The predicted octanol–water partition coefficient (Wildman–Crippen LogP) is 12.5. The third-order valence-electron chi connectivity index (χ3n) is 8.05. The Morgan fingerprint density at radius 2 is 0.311 bits per heavy atom. The van der Waals surface area contributed by atoms with E-state index in [1.54, 1.807) is 0 Å². The van der Waals surface area contributed by atoms with Gasteiger partial charge in [-0.15, -0.1) is 0 Å². The van der Waals surface area contributed by atoms with E-state index >= 15 is 0 Å². The SMILES string of the molecule is CCCCCCCCCCO.CCCCCCCCCCO.CCCCCCCCCCO.CCCCCCCCCCO.[Ti]. The molecule has 0 aliphatic rings. The third kappa shape index (κ3) is 76.1. The Labute approximate surface area is 300 Å². The molecule has 0 aromatic heterocycles. The van der Waals surface area contributed by atoms with E-state index in [1.165, 1.54) is 180 Å².